The number of carbonyl (C=O) groups excluding carboxylic acids is 1. The highest BCUT2D eigenvalue weighted by molar-refractivity contribution is 5.94. The van der Waals surface area contributed by atoms with E-state index in [0.717, 1.165) is 11.3 Å². The maximum Gasteiger partial charge on any atom is 0.253 e. The van der Waals surface area contributed by atoms with Crippen LogP contribution in [0, 0.1) is 0 Å². The number of carbonyl (C=O) groups is 1. The Kier molecular flexibility index (Phi) is 2.60. The molecule has 80 valence electrons. The fraction of sp³-hybridized carbons (Fsp3) is 0.364. The molecule has 1 aromatic carbocycles. The zero-order chi connectivity index (χ0) is 10.8. The van der Waals surface area contributed by atoms with E-state index >= 15 is 0 Å². The smallest absolute Gasteiger partial charge is 0.253 e. The summed E-state index contributed by atoms with van der Waals surface area (Å²) >= 11 is 0. The van der Waals surface area contributed by atoms with Gasteiger partial charge < -0.3 is 14.4 Å². The van der Waals surface area contributed by atoms with E-state index in [-0.39, 0.29) is 12.7 Å². The molecule has 4 nitrogen and oxygen atoms in total. The molecule has 0 aromatic heterocycles. The van der Waals surface area contributed by atoms with Crippen LogP contribution in [-0.4, -0.2) is 31.7 Å². The zero-order valence-electron chi connectivity index (χ0n) is 8.82. The van der Waals surface area contributed by atoms with Crippen LogP contribution in [0.25, 0.3) is 0 Å². The van der Waals surface area contributed by atoms with Gasteiger partial charge in [-0.15, -0.1) is 0 Å². The Labute approximate surface area is 88.4 Å². The van der Waals surface area contributed by atoms with Crippen LogP contribution in [0.5, 0.6) is 5.75 Å². The molecule has 0 aliphatic carbocycles. The molecule has 0 radical (unpaired) electrons. The Balaban J connectivity index is 2.32. The van der Waals surface area contributed by atoms with E-state index in [9.17, 15) is 4.79 Å². The normalized spacial score (nSPS) is 14.0. The predicted molar refractivity (Wildman–Crippen MR) is 54.7 cm³/mol. The van der Waals surface area contributed by atoms with E-state index in [1.807, 2.05) is 12.1 Å². The molecule has 0 N–H and O–H groups in total. The first-order chi connectivity index (χ1) is 7.18. The second-order valence-corrected chi connectivity index (χ2v) is 3.63. The highest BCUT2D eigenvalue weighted by Gasteiger charge is 2.14. The van der Waals surface area contributed by atoms with E-state index in [0.29, 0.717) is 12.2 Å². The number of ether oxygens (including phenoxy) is 2. The maximum absolute atomic E-state index is 11.7. The topological polar surface area (TPSA) is 38.8 Å². The van der Waals surface area contributed by atoms with Crippen molar-refractivity contribution < 1.29 is 14.3 Å². The lowest BCUT2D eigenvalue weighted by Gasteiger charge is -2.18. The van der Waals surface area contributed by atoms with E-state index in [2.05, 4.69) is 0 Å². The number of benzene rings is 1. The molecule has 0 fully saturated rings. The van der Waals surface area contributed by atoms with E-state index in [1.54, 1.807) is 25.1 Å². The summed E-state index contributed by atoms with van der Waals surface area (Å²) in [5.41, 5.74) is 1.59. The van der Waals surface area contributed by atoms with Gasteiger partial charge in [-0.1, -0.05) is 0 Å². The molecule has 1 aliphatic heterocycles. The highest BCUT2D eigenvalue weighted by Crippen LogP contribution is 2.24. The minimum absolute atomic E-state index is 0.0108. The monoisotopic (exact) mass is 207 g/mol. The average molecular weight is 207 g/mol. The van der Waals surface area contributed by atoms with Crippen LogP contribution in [-0.2, 0) is 11.3 Å². The summed E-state index contributed by atoms with van der Waals surface area (Å²) in [4.78, 5) is 13.2. The Morgan fingerprint density at radius 1 is 1.40 bits per heavy atom. The van der Waals surface area contributed by atoms with Crippen LogP contribution in [0.3, 0.4) is 0 Å². The van der Waals surface area contributed by atoms with Crippen molar-refractivity contribution in [1.29, 1.82) is 0 Å². The summed E-state index contributed by atoms with van der Waals surface area (Å²) in [6.07, 6.45) is 0. The molecular weight excluding hydrogens is 194 g/mol. The van der Waals surface area contributed by atoms with Gasteiger partial charge in [0.05, 0.1) is 6.61 Å². The van der Waals surface area contributed by atoms with Crippen LogP contribution < -0.4 is 4.74 Å². The van der Waals surface area contributed by atoms with Gasteiger partial charge in [0.1, 0.15) is 5.75 Å². The minimum atomic E-state index is -0.0108. The lowest BCUT2D eigenvalue weighted by molar-refractivity contribution is -0.0164. The number of rotatable bonds is 1. The zero-order valence-corrected chi connectivity index (χ0v) is 8.82. The average Bonchev–Trinajstić information content (AvgIpc) is 2.27. The first-order valence-corrected chi connectivity index (χ1v) is 4.73. The third-order valence-corrected chi connectivity index (χ3v) is 2.27. The van der Waals surface area contributed by atoms with Crippen molar-refractivity contribution in [3.63, 3.8) is 0 Å². The third-order valence-electron chi connectivity index (χ3n) is 2.27. The molecular formula is C11H13NO3. The second kappa shape index (κ2) is 3.90. The number of amides is 1. The van der Waals surface area contributed by atoms with Gasteiger partial charge in [-0.05, 0) is 18.2 Å². The van der Waals surface area contributed by atoms with Crippen molar-refractivity contribution in [2.24, 2.45) is 0 Å². The van der Waals surface area contributed by atoms with Gasteiger partial charge in [-0.3, -0.25) is 4.79 Å². The van der Waals surface area contributed by atoms with Crippen molar-refractivity contribution in [3.8, 4) is 5.75 Å². The minimum Gasteiger partial charge on any atom is -0.467 e. The van der Waals surface area contributed by atoms with Crippen LogP contribution >= 0.6 is 0 Å². The summed E-state index contributed by atoms with van der Waals surface area (Å²) in [6.45, 7) is 0.790. The Morgan fingerprint density at radius 2 is 2.20 bits per heavy atom. The van der Waals surface area contributed by atoms with Gasteiger partial charge in [0.15, 0.2) is 6.79 Å². The van der Waals surface area contributed by atoms with Gasteiger partial charge in [-0.25, -0.2) is 0 Å². The number of nitrogens with zero attached hydrogens (tertiary/aromatic N) is 1. The highest BCUT2D eigenvalue weighted by atomic mass is 16.7. The van der Waals surface area contributed by atoms with Crippen LogP contribution in [0.1, 0.15) is 15.9 Å². The molecule has 2 rings (SSSR count). The lowest BCUT2D eigenvalue weighted by atomic mass is 10.1. The molecule has 0 atom stereocenters. The molecule has 1 aromatic rings. The molecule has 1 heterocycles. The number of hydrogen-bond donors (Lipinski definition) is 0. The van der Waals surface area contributed by atoms with Crippen LogP contribution in [0.2, 0.25) is 0 Å². The number of fused-ring (bicyclic) bond motifs is 1. The van der Waals surface area contributed by atoms with E-state index < -0.39 is 0 Å². The number of hydrogen-bond acceptors (Lipinski definition) is 3. The molecule has 1 amide bonds. The summed E-state index contributed by atoms with van der Waals surface area (Å²) in [7, 11) is 3.46. The summed E-state index contributed by atoms with van der Waals surface area (Å²) < 4.78 is 10.4. The maximum atomic E-state index is 11.7. The van der Waals surface area contributed by atoms with Crippen molar-refractivity contribution in [2.75, 3.05) is 20.9 Å². The molecule has 0 saturated carbocycles. The molecule has 0 bridgehead atoms. The first kappa shape index (κ1) is 9.98. The molecule has 1 aliphatic rings. The van der Waals surface area contributed by atoms with Crippen molar-refractivity contribution in [2.45, 2.75) is 6.61 Å². The van der Waals surface area contributed by atoms with Gasteiger partial charge in [0.2, 0.25) is 0 Å². The molecule has 0 unspecified atom stereocenters. The predicted octanol–water partition coefficient (Wildman–Crippen LogP) is 1.25. The second-order valence-electron chi connectivity index (χ2n) is 3.63. The molecule has 0 saturated heterocycles. The summed E-state index contributed by atoms with van der Waals surface area (Å²) in [5, 5.41) is 0. The van der Waals surface area contributed by atoms with Crippen molar-refractivity contribution >= 4 is 5.91 Å². The quantitative estimate of drug-likeness (QED) is 0.695. The van der Waals surface area contributed by atoms with Gasteiger partial charge >= 0.3 is 0 Å². The first-order valence-electron chi connectivity index (χ1n) is 4.73. The Hall–Kier alpha value is -1.55. The SMILES string of the molecule is CN(C)C(=O)c1ccc2c(c1)COCO2. The van der Waals surface area contributed by atoms with Crippen molar-refractivity contribution in [3.05, 3.63) is 29.3 Å². The fourth-order valence-electron chi connectivity index (χ4n) is 1.48. The molecule has 4 heteroatoms. The Morgan fingerprint density at radius 3 is 2.93 bits per heavy atom. The van der Waals surface area contributed by atoms with Gasteiger partial charge in [-0.2, -0.15) is 0 Å². The van der Waals surface area contributed by atoms with Gasteiger partial charge in [0, 0.05) is 25.2 Å². The van der Waals surface area contributed by atoms with E-state index in [4.69, 9.17) is 9.47 Å². The lowest BCUT2D eigenvalue weighted by Crippen LogP contribution is -2.22. The van der Waals surface area contributed by atoms with Crippen molar-refractivity contribution in [1.82, 2.24) is 4.90 Å². The summed E-state index contributed by atoms with van der Waals surface area (Å²) in [5.74, 6) is 0.792. The molecule has 15 heavy (non-hydrogen) atoms. The molecule has 0 spiro atoms. The summed E-state index contributed by atoms with van der Waals surface area (Å²) in [6, 6.07) is 5.40. The standard InChI is InChI=1S/C11H13NO3/c1-12(2)11(13)8-3-4-10-9(5-8)6-14-7-15-10/h3-5H,6-7H2,1-2H3. The van der Waals surface area contributed by atoms with Crippen LogP contribution in [0.15, 0.2) is 18.2 Å². The van der Waals surface area contributed by atoms with Gasteiger partial charge in [0.25, 0.3) is 5.91 Å². The largest absolute Gasteiger partial charge is 0.467 e. The Bertz CT molecular complexity index is 387. The fourth-order valence-corrected chi connectivity index (χ4v) is 1.48. The van der Waals surface area contributed by atoms with E-state index in [1.165, 1.54) is 0 Å². The van der Waals surface area contributed by atoms with Crippen LogP contribution in [0.4, 0.5) is 0 Å². The third kappa shape index (κ3) is 1.94.